The number of rotatable bonds is 10. The second kappa shape index (κ2) is 12.0. The summed E-state index contributed by atoms with van der Waals surface area (Å²) in [4.78, 5) is 27.5. The van der Waals surface area contributed by atoms with Crippen molar-refractivity contribution in [1.82, 2.24) is 10.2 Å². The zero-order valence-electron chi connectivity index (χ0n) is 17.9. The molecule has 0 aliphatic carbocycles. The smallest absolute Gasteiger partial charge is 0.242 e. The van der Waals surface area contributed by atoms with Gasteiger partial charge in [0.2, 0.25) is 11.8 Å². The van der Waals surface area contributed by atoms with E-state index in [1.807, 2.05) is 13.8 Å². The van der Waals surface area contributed by atoms with E-state index in [4.69, 9.17) is 23.2 Å². The first kappa shape index (κ1) is 24.2. The first-order valence-corrected chi connectivity index (χ1v) is 11.2. The molecule has 1 N–H and O–H groups in total. The van der Waals surface area contributed by atoms with E-state index in [0.29, 0.717) is 35.9 Å². The van der Waals surface area contributed by atoms with Crippen LogP contribution in [0.2, 0.25) is 10.0 Å². The van der Waals surface area contributed by atoms with Crippen LogP contribution in [0.3, 0.4) is 0 Å². The molecule has 0 radical (unpaired) electrons. The Kier molecular flexibility index (Phi) is 9.67. The van der Waals surface area contributed by atoms with Gasteiger partial charge in [0.1, 0.15) is 6.04 Å². The van der Waals surface area contributed by atoms with Crippen LogP contribution in [0.1, 0.15) is 50.3 Å². The number of benzene rings is 2. The Balaban J connectivity index is 2.21. The molecule has 162 valence electrons. The summed E-state index contributed by atoms with van der Waals surface area (Å²) in [6, 6.07) is 13.0. The highest BCUT2D eigenvalue weighted by Crippen LogP contribution is 2.24. The number of aryl methyl sites for hydroxylation is 2. The molecule has 0 aliphatic heterocycles. The van der Waals surface area contributed by atoms with Gasteiger partial charge in [-0.05, 0) is 55.0 Å². The van der Waals surface area contributed by atoms with Gasteiger partial charge in [0.15, 0.2) is 0 Å². The fourth-order valence-electron chi connectivity index (χ4n) is 3.38. The predicted molar refractivity (Wildman–Crippen MR) is 124 cm³/mol. The molecule has 0 aromatic heterocycles. The van der Waals surface area contributed by atoms with E-state index in [1.54, 1.807) is 23.1 Å². The Hall–Kier alpha value is -2.04. The topological polar surface area (TPSA) is 49.4 Å². The normalized spacial score (nSPS) is 11.8. The van der Waals surface area contributed by atoms with Crippen molar-refractivity contribution in [2.24, 2.45) is 0 Å². The van der Waals surface area contributed by atoms with Crippen molar-refractivity contribution in [3.05, 3.63) is 69.2 Å². The van der Waals surface area contributed by atoms with Gasteiger partial charge in [0.05, 0.1) is 0 Å². The molecular weight excluding hydrogens is 419 g/mol. The zero-order valence-corrected chi connectivity index (χ0v) is 19.4. The molecule has 4 nitrogen and oxygen atoms in total. The summed E-state index contributed by atoms with van der Waals surface area (Å²) in [6.07, 6.45) is 2.46. The van der Waals surface area contributed by atoms with Crippen LogP contribution in [0.5, 0.6) is 0 Å². The molecule has 6 heteroatoms. The number of hydrogen-bond donors (Lipinski definition) is 1. The molecule has 2 rings (SSSR count). The number of amides is 2. The van der Waals surface area contributed by atoms with Crippen molar-refractivity contribution in [3.8, 4) is 0 Å². The third kappa shape index (κ3) is 6.75. The minimum Gasteiger partial charge on any atom is -0.355 e. The van der Waals surface area contributed by atoms with E-state index < -0.39 is 6.04 Å². The van der Waals surface area contributed by atoms with Gasteiger partial charge in [0, 0.05) is 29.6 Å². The number of halogens is 2. The average Bonchev–Trinajstić information content (AvgIpc) is 2.74. The predicted octanol–water partition coefficient (Wildman–Crippen LogP) is 5.43. The first-order chi connectivity index (χ1) is 14.4. The SMILES string of the molecule is CCNC(=O)[C@@H](CC)N(Cc1ccc(Cl)cc1Cl)C(=O)CCc1ccc(CC)cc1. The molecule has 0 bridgehead atoms. The van der Waals surface area contributed by atoms with Crippen LogP contribution in [-0.2, 0) is 29.0 Å². The molecule has 0 fully saturated rings. The standard InChI is InChI=1S/C24H30Cl2N2O2/c1-4-17-7-9-18(10-8-17)11-14-23(29)28(22(5-2)24(30)27-6-3)16-19-12-13-20(25)15-21(19)26/h7-10,12-13,15,22H,4-6,11,14,16H2,1-3H3,(H,27,30)/t22-/m1/s1. The quantitative estimate of drug-likeness (QED) is 0.526. The molecule has 0 unspecified atom stereocenters. The lowest BCUT2D eigenvalue weighted by atomic mass is 10.0. The summed E-state index contributed by atoms with van der Waals surface area (Å²) in [5.41, 5.74) is 3.15. The lowest BCUT2D eigenvalue weighted by molar-refractivity contribution is -0.141. The van der Waals surface area contributed by atoms with Gasteiger partial charge in [-0.1, -0.05) is 67.4 Å². The maximum absolute atomic E-state index is 13.2. The Bertz CT molecular complexity index is 853. The molecule has 2 amide bonds. The van der Waals surface area contributed by atoms with Crippen molar-refractivity contribution < 1.29 is 9.59 Å². The molecule has 0 spiro atoms. The molecule has 1 atom stereocenters. The molecule has 0 saturated carbocycles. The third-order valence-corrected chi connectivity index (χ3v) is 5.74. The highest BCUT2D eigenvalue weighted by molar-refractivity contribution is 6.35. The van der Waals surface area contributed by atoms with Crippen LogP contribution in [0.4, 0.5) is 0 Å². The van der Waals surface area contributed by atoms with Crippen molar-refractivity contribution in [2.75, 3.05) is 6.54 Å². The number of nitrogens with zero attached hydrogens (tertiary/aromatic N) is 1. The highest BCUT2D eigenvalue weighted by atomic mass is 35.5. The summed E-state index contributed by atoms with van der Waals surface area (Å²) in [5, 5.41) is 3.86. The number of carbonyl (C=O) groups is 2. The summed E-state index contributed by atoms with van der Waals surface area (Å²) in [6.45, 7) is 6.67. The summed E-state index contributed by atoms with van der Waals surface area (Å²) in [7, 11) is 0. The molecular formula is C24H30Cl2N2O2. The Morgan fingerprint density at radius 1 is 1.00 bits per heavy atom. The molecule has 2 aromatic rings. The minimum absolute atomic E-state index is 0.0707. The fourth-order valence-corrected chi connectivity index (χ4v) is 3.85. The van der Waals surface area contributed by atoms with E-state index in [2.05, 4.69) is 36.5 Å². The average molecular weight is 449 g/mol. The third-order valence-electron chi connectivity index (χ3n) is 5.15. The summed E-state index contributed by atoms with van der Waals surface area (Å²) >= 11 is 12.4. The van der Waals surface area contributed by atoms with E-state index in [9.17, 15) is 9.59 Å². The Morgan fingerprint density at radius 3 is 2.23 bits per heavy atom. The highest BCUT2D eigenvalue weighted by Gasteiger charge is 2.28. The van der Waals surface area contributed by atoms with Gasteiger partial charge >= 0.3 is 0 Å². The second-order valence-corrected chi connectivity index (χ2v) is 8.09. The number of likely N-dealkylation sites (N-methyl/N-ethyl adjacent to an activating group) is 1. The van der Waals surface area contributed by atoms with Crippen LogP contribution in [0.25, 0.3) is 0 Å². The van der Waals surface area contributed by atoms with Crippen molar-refractivity contribution >= 4 is 35.0 Å². The van der Waals surface area contributed by atoms with Crippen LogP contribution >= 0.6 is 23.2 Å². The van der Waals surface area contributed by atoms with Crippen LogP contribution in [-0.4, -0.2) is 29.3 Å². The molecule has 0 aliphatic rings. The second-order valence-electron chi connectivity index (χ2n) is 7.25. The van der Waals surface area contributed by atoms with E-state index in [0.717, 1.165) is 17.5 Å². The molecule has 0 heterocycles. The van der Waals surface area contributed by atoms with Crippen LogP contribution in [0.15, 0.2) is 42.5 Å². The van der Waals surface area contributed by atoms with Gasteiger partial charge < -0.3 is 10.2 Å². The fraction of sp³-hybridized carbons (Fsp3) is 0.417. The minimum atomic E-state index is -0.549. The van der Waals surface area contributed by atoms with Crippen molar-refractivity contribution in [1.29, 1.82) is 0 Å². The Labute approximate surface area is 189 Å². The van der Waals surface area contributed by atoms with Crippen molar-refractivity contribution in [3.63, 3.8) is 0 Å². The maximum atomic E-state index is 13.2. The van der Waals surface area contributed by atoms with E-state index >= 15 is 0 Å². The largest absolute Gasteiger partial charge is 0.355 e. The molecule has 30 heavy (non-hydrogen) atoms. The Morgan fingerprint density at radius 2 is 1.67 bits per heavy atom. The van der Waals surface area contributed by atoms with Gasteiger partial charge in [-0.3, -0.25) is 9.59 Å². The number of carbonyl (C=O) groups excluding carboxylic acids is 2. The van der Waals surface area contributed by atoms with Gasteiger partial charge in [0.25, 0.3) is 0 Å². The van der Waals surface area contributed by atoms with E-state index in [1.165, 1.54) is 5.56 Å². The lowest BCUT2D eigenvalue weighted by Gasteiger charge is -2.31. The van der Waals surface area contributed by atoms with Gasteiger partial charge in [-0.15, -0.1) is 0 Å². The van der Waals surface area contributed by atoms with Crippen LogP contribution < -0.4 is 5.32 Å². The zero-order chi connectivity index (χ0) is 22.1. The summed E-state index contributed by atoms with van der Waals surface area (Å²) in [5.74, 6) is -0.218. The van der Waals surface area contributed by atoms with Gasteiger partial charge in [-0.2, -0.15) is 0 Å². The number of nitrogens with one attached hydrogen (secondary N) is 1. The molecule has 2 aromatic carbocycles. The van der Waals surface area contributed by atoms with Crippen molar-refractivity contribution in [2.45, 2.75) is 59.0 Å². The maximum Gasteiger partial charge on any atom is 0.242 e. The first-order valence-electron chi connectivity index (χ1n) is 10.5. The van der Waals surface area contributed by atoms with Crippen LogP contribution in [0, 0.1) is 0 Å². The monoisotopic (exact) mass is 448 g/mol. The lowest BCUT2D eigenvalue weighted by Crippen LogP contribution is -2.49. The van der Waals surface area contributed by atoms with Gasteiger partial charge in [-0.25, -0.2) is 0 Å². The summed E-state index contributed by atoms with van der Waals surface area (Å²) < 4.78 is 0. The number of hydrogen-bond acceptors (Lipinski definition) is 2. The van der Waals surface area contributed by atoms with E-state index in [-0.39, 0.29) is 18.4 Å². The molecule has 0 saturated heterocycles.